The Morgan fingerprint density at radius 2 is 2.57 bits per heavy atom. The summed E-state index contributed by atoms with van der Waals surface area (Å²) in [6.45, 7) is 0. The van der Waals surface area contributed by atoms with Gasteiger partial charge in [-0.3, -0.25) is 4.68 Å². The summed E-state index contributed by atoms with van der Waals surface area (Å²) in [6, 6.07) is 1.84. The van der Waals surface area contributed by atoms with Gasteiger partial charge in [-0.1, -0.05) is 12.2 Å². The van der Waals surface area contributed by atoms with Crippen molar-refractivity contribution in [2.24, 2.45) is 7.05 Å². The molecule has 0 unspecified atom stereocenters. The molecule has 3 heteroatoms. The minimum atomic E-state index is 0.833. The molecule has 38 valence electrons. The van der Waals surface area contributed by atoms with Gasteiger partial charge >= 0.3 is 0 Å². The van der Waals surface area contributed by atoms with Gasteiger partial charge in [-0.2, -0.15) is 0 Å². The first kappa shape index (κ1) is 4.59. The third kappa shape index (κ3) is 0.718. The molecule has 0 aliphatic heterocycles. The van der Waals surface area contributed by atoms with E-state index in [0.717, 1.165) is 4.64 Å². The number of H-pyrrole nitrogens is 1. The molecule has 0 saturated carbocycles. The zero-order valence-corrected chi connectivity index (χ0v) is 4.83. The maximum Gasteiger partial charge on any atom is 0.121 e. The van der Waals surface area contributed by atoms with Crippen molar-refractivity contribution < 1.29 is 0 Å². The lowest BCUT2D eigenvalue weighted by molar-refractivity contribution is 0.757. The van der Waals surface area contributed by atoms with E-state index < -0.39 is 0 Å². The molecule has 0 radical (unpaired) electrons. The largest absolute Gasteiger partial charge is 0.305 e. The lowest BCUT2D eigenvalue weighted by Gasteiger charge is -1.82. The molecule has 1 aromatic rings. The van der Waals surface area contributed by atoms with E-state index in [-0.39, 0.29) is 0 Å². The Labute approximate surface area is 46.8 Å². The topological polar surface area (TPSA) is 20.7 Å². The van der Waals surface area contributed by atoms with Crippen LogP contribution in [0.1, 0.15) is 0 Å². The van der Waals surface area contributed by atoms with E-state index in [1.807, 2.05) is 19.3 Å². The second kappa shape index (κ2) is 1.50. The SMILES string of the molecule is Cn1[nH]ccc1=S. The van der Waals surface area contributed by atoms with Crippen molar-refractivity contribution in [3.63, 3.8) is 0 Å². The summed E-state index contributed by atoms with van der Waals surface area (Å²) in [5, 5.41) is 2.88. The van der Waals surface area contributed by atoms with Crippen LogP contribution in [-0.4, -0.2) is 9.78 Å². The second-order valence-electron chi connectivity index (χ2n) is 1.36. The molecule has 0 aliphatic rings. The van der Waals surface area contributed by atoms with E-state index in [0.29, 0.717) is 0 Å². The molecule has 7 heavy (non-hydrogen) atoms. The van der Waals surface area contributed by atoms with Crippen LogP contribution in [0.5, 0.6) is 0 Å². The van der Waals surface area contributed by atoms with Crippen LogP contribution in [-0.2, 0) is 7.05 Å². The molecule has 0 bridgehead atoms. The predicted octanol–water partition coefficient (Wildman–Crippen LogP) is 1.08. The monoisotopic (exact) mass is 114 g/mol. The van der Waals surface area contributed by atoms with Crippen molar-refractivity contribution in [2.75, 3.05) is 0 Å². The average Bonchev–Trinajstić information content (AvgIpc) is 1.91. The van der Waals surface area contributed by atoms with Gasteiger partial charge in [-0.25, -0.2) is 0 Å². The third-order valence-corrected chi connectivity index (χ3v) is 1.23. The zero-order chi connectivity index (χ0) is 5.28. The summed E-state index contributed by atoms with van der Waals surface area (Å²) in [7, 11) is 1.88. The average molecular weight is 114 g/mol. The van der Waals surface area contributed by atoms with Crippen molar-refractivity contribution in [1.82, 2.24) is 9.78 Å². The first-order chi connectivity index (χ1) is 3.30. The van der Waals surface area contributed by atoms with Gasteiger partial charge in [0.05, 0.1) is 0 Å². The van der Waals surface area contributed by atoms with Gasteiger partial charge in [0.1, 0.15) is 4.64 Å². The Hall–Kier alpha value is -0.570. The second-order valence-corrected chi connectivity index (χ2v) is 1.78. The van der Waals surface area contributed by atoms with Crippen LogP contribution in [0.15, 0.2) is 12.3 Å². The summed E-state index contributed by atoms with van der Waals surface area (Å²) in [4.78, 5) is 0. The smallest absolute Gasteiger partial charge is 0.121 e. The number of nitrogens with one attached hydrogen (secondary N) is 1. The fourth-order valence-electron chi connectivity index (χ4n) is 0.396. The number of hydrogen-bond donors (Lipinski definition) is 1. The Kier molecular flexibility index (Phi) is 0.982. The summed E-state index contributed by atoms with van der Waals surface area (Å²) in [6.07, 6.45) is 1.81. The lowest BCUT2D eigenvalue weighted by atomic mass is 10.8. The molecule has 0 fully saturated rings. The van der Waals surface area contributed by atoms with Gasteiger partial charge in [0.25, 0.3) is 0 Å². The van der Waals surface area contributed by atoms with E-state index in [1.54, 1.807) is 4.68 Å². The molecule has 0 aromatic carbocycles. The van der Waals surface area contributed by atoms with Crippen LogP contribution in [0.3, 0.4) is 0 Å². The summed E-state index contributed by atoms with van der Waals surface area (Å²) < 4.78 is 2.61. The number of nitrogens with zero attached hydrogens (tertiary/aromatic N) is 1. The molecule has 1 heterocycles. The van der Waals surface area contributed by atoms with Crippen LogP contribution in [0, 0.1) is 4.64 Å². The molecule has 0 spiro atoms. The van der Waals surface area contributed by atoms with Gasteiger partial charge in [0.15, 0.2) is 0 Å². The standard InChI is InChI=1S/C4H6N2S/c1-6-4(7)2-3-5-6/h2-3,5H,1H3. The van der Waals surface area contributed by atoms with Crippen LogP contribution in [0.25, 0.3) is 0 Å². The number of aromatic nitrogens is 2. The Bertz CT molecular complexity index is 197. The molecular formula is C4H6N2S. The van der Waals surface area contributed by atoms with E-state index in [2.05, 4.69) is 5.10 Å². The minimum Gasteiger partial charge on any atom is -0.305 e. The molecule has 0 saturated heterocycles. The third-order valence-electron chi connectivity index (χ3n) is 0.825. The maximum absolute atomic E-state index is 4.82. The van der Waals surface area contributed by atoms with Gasteiger partial charge in [-0.15, -0.1) is 0 Å². The number of aryl methyl sites for hydroxylation is 1. The minimum absolute atomic E-state index is 0.833. The fraction of sp³-hybridized carbons (Fsp3) is 0.250. The van der Waals surface area contributed by atoms with E-state index in [4.69, 9.17) is 12.2 Å². The fourth-order valence-corrected chi connectivity index (χ4v) is 0.517. The lowest BCUT2D eigenvalue weighted by Crippen LogP contribution is -1.86. The Morgan fingerprint density at radius 3 is 2.71 bits per heavy atom. The van der Waals surface area contributed by atoms with Gasteiger partial charge in [0, 0.05) is 13.2 Å². The molecular weight excluding hydrogens is 108 g/mol. The van der Waals surface area contributed by atoms with Gasteiger partial charge < -0.3 is 5.10 Å². The molecule has 0 atom stereocenters. The van der Waals surface area contributed by atoms with Crippen molar-refractivity contribution >= 4 is 12.2 Å². The van der Waals surface area contributed by atoms with E-state index in [9.17, 15) is 0 Å². The first-order valence-corrected chi connectivity index (χ1v) is 2.42. The Balaban J connectivity index is 3.39. The van der Waals surface area contributed by atoms with Crippen LogP contribution < -0.4 is 0 Å². The van der Waals surface area contributed by atoms with Gasteiger partial charge in [-0.05, 0) is 6.07 Å². The predicted molar refractivity (Wildman–Crippen MR) is 30.6 cm³/mol. The van der Waals surface area contributed by atoms with Crippen LogP contribution >= 0.6 is 12.2 Å². The quantitative estimate of drug-likeness (QED) is 0.500. The van der Waals surface area contributed by atoms with Crippen molar-refractivity contribution in [1.29, 1.82) is 0 Å². The highest BCUT2D eigenvalue weighted by Crippen LogP contribution is 1.82. The number of aromatic amines is 1. The van der Waals surface area contributed by atoms with E-state index in [1.165, 1.54) is 0 Å². The van der Waals surface area contributed by atoms with Crippen molar-refractivity contribution in [3.8, 4) is 0 Å². The Morgan fingerprint density at radius 1 is 1.86 bits per heavy atom. The highest BCUT2D eigenvalue weighted by molar-refractivity contribution is 7.71. The van der Waals surface area contributed by atoms with Crippen molar-refractivity contribution in [2.45, 2.75) is 0 Å². The maximum atomic E-state index is 4.82. The molecule has 1 rings (SSSR count). The summed E-state index contributed by atoms with van der Waals surface area (Å²) >= 11 is 4.82. The molecule has 2 nitrogen and oxygen atoms in total. The highest BCUT2D eigenvalue weighted by atomic mass is 32.1. The normalized spacial score (nSPS) is 9.29. The molecule has 1 N–H and O–H groups in total. The van der Waals surface area contributed by atoms with Gasteiger partial charge in [0.2, 0.25) is 0 Å². The van der Waals surface area contributed by atoms with Crippen LogP contribution in [0.4, 0.5) is 0 Å². The number of rotatable bonds is 0. The summed E-state index contributed by atoms with van der Waals surface area (Å²) in [5.74, 6) is 0. The molecule has 0 aliphatic carbocycles. The highest BCUT2D eigenvalue weighted by Gasteiger charge is 1.76. The zero-order valence-electron chi connectivity index (χ0n) is 4.01. The first-order valence-electron chi connectivity index (χ1n) is 2.01. The summed E-state index contributed by atoms with van der Waals surface area (Å²) in [5.41, 5.74) is 0. The number of hydrogen-bond acceptors (Lipinski definition) is 1. The van der Waals surface area contributed by atoms with Crippen LogP contribution in [0.2, 0.25) is 0 Å². The molecule has 0 amide bonds. The van der Waals surface area contributed by atoms with E-state index >= 15 is 0 Å². The molecule has 1 aromatic heterocycles. The van der Waals surface area contributed by atoms with Crippen molar-refractivity contribution in [3.05, 3.63) is 16.9 Å².